The van der Waals surface area contributed by atoms with Crippen LogP contribution in [0.25, 0.3) is 11.1 Å². The lowest BCUT2D eigenvalue weighted by molar-refractivity contribution is -0.131. The Morgan fingerprint density at radius 1 is 1.19 bits per heavy atom. The second-order valence-corrected chi connectivity index (χ2v) is 8.74. The average Bonchev–Trinajstić information content (AvgIpc) is 2.57. The summed E-state index contributed by atoms with van der Waals surface area (Å²) in [5.74, 6) is -2.67. The Balaban J connectivity index is 2.31. The van der Waals surface area contributed by atoms with Crippen LogP contribution in [0, 0.1) is 11.6 Å². The highest BCUT2D eigenvalue weighted by Crippen LogP contribution is 2.23. The lowest BCUT2D eigenvalue weighted by Gasteiger charge is -2.25. The van der Waals surface area contributed by atoms with E-state index in [1.54, 1.807) is 0 Å². The zero-order chi connectivity index (χ0) is 20.4. The number of benzene rings is 1. The molecule has 1 aromatic heterocycles. The Hall–Kier alpha value is -2.59. The van der Waals surface area contributed by atoms with E-state index < -0.39 is 37.7 Å². The van der Waals surface area contributed by atoms with Crippen molar-refractivity contribution in [2.24, 2.45) is 0 Å². The summed E-state index contributed by atoms with van der Waals surface area (Å²) in [6.45, 7) is 1.01. The molecular weight excluding hydrogens is 382 g/mol. The minimum atomic E-state index is -3.89. The number of halogens is 2. The zero-order valence-corrected chi connectivity index (χ0v) is 15.4. The Bertz CT molecular complexity index is 1020. The highest BCUT2D eigenvalue weighted by molar-refractivity contribution is 7.92. The van der Waals surface area contributed by atoms with Gasteiger partial charge in [-0.15, -0.1) is 0 Å². The van der Waals surface area contributed by atoms with Gasteiger partial charge in [0.1, 0.15) is 11.6 Å². The van der Waals surface area contributed by atoms with E-state index >= 15 is 0 Å². The smallest absolute Gasteiger partial charge is 0.264 e. The molecule has 2 aromatic rings. The Morgan fingerprint density at radius 3 is 2.26 bits per heavy atom. The van der Waals surface area contributed by atoms with Crippen molar-refractivity contribution in [3.63, 3.8) is 0 Å². The summed E-state index contributed by atoms with van der Waals surface area (Å²) in [4.78, 5) is 24.1. The molecule has 0 aliphatic rings. The largest absolute Gasteiger partial charge is 0.315 e. The molecule has 1 aromatic carbocycles. The summed E-state index contributed by atoms with van der Waals surface area (Å²) < 4.78 is 49.7. The van der Waals surface area contributed by atoms with E-state index in [0.29, 0.717) is 6.07 Å². The Labute approximate surface area is 154 Å². The number of hydrogen-bond acceptors (Lipinski definition) is 5. The van der Waals surface area contributed by atoms with Crippen molar-refractivity contribution in [2.75, 3.05) is 6.26 Å². The predicted molar refractivity (Wildman–Crippen MR) is 93.8 cm³/mol. The van der Waals surface area contributed by atoms with Crippen LogP contribution in [0.3, 0.4) is 0 Å². The molecular formula is C17H18F2N2O5S. The minimum Gasteiger partial charge on any atom is -0.315 e. The van der Waals surface area contributed by atoms with Crippen LogP contribution in [0.5, 0.6) is 0 Å². The molecule has 0 radical (unpaired) electrons. The van der Waals surface area contributed by atoms with Gasteiger partial charge < -0.3 is 4.57 Å². The molecule has 0 saturated heterocycles. The van der Waals surface area contributed by atoms with Gasteiger partial charge in [-0.2, -0.15) is 0 Å². The van der Waals surface area contributed by atoms with Crippen molar-refractivity contribution < 1.29 is 27.2 Å². The number of carbonyl (C=O) groups is 1. The van der Waals surface area contributed by atoms with Gasteiger partial charge in [0.15, 0.2) is 14.6 Å². The first-order valence-electron chi connectivity index (χ1n) is 7.79. The number of amides is 1. The van der Waals surface area contributed by atoms with E-state index in [9.17, 15) is 26.8 Å². The van der Waals surface area contributed by atoms with Gasteiger partial charge in [-0.25, -0.2) is 22.7 Å². The van der Waals surface area contributed by atoms with Gasteiger partial charge in [0.25, 0.3) is 11.5 Å². The molecule has 0 spiro atoms. The fourth-order valence-corrected chi connectivity index (χ4v) is 3.36. The van der Waals surface area contributed by atoms with E-state index in [-0.39, 0.29) is 24.1 Å². The van der Waals surface area contributed by atoms with Crippen LogP contribution in [-0.2, 0) is 21.2 Å². The van der Waals surface area contributed by atoms with Gasteiger partial charge in [-0.1, -0.05) is 0 Å². The molecule has 1 amide bonds. The first-order valence-corrected chi connectivity index (χ1v) is 9.68. The van der Waals surface area contributed by atoms with Gasteiger partial charge >= 0.3 is 0 Å². The van der Waals surface area contributed by atoms with Crippen molar-refractivity contribution in [1.82, 2.24) is 10.0 Å². The molecule has 27 heavy (non-hydrogen) atoms. The van der Waals surface area contributed by atoms with Crippen LogP contribution in [0.15, 0.2) is 41.3 Å². The molecule has 0 aliphatic carbocycles. The average molecular weight is 400 g/mol. The van der Waals surface area contributed by atoms with Crippen molar-refractivity contribution in [2.45, 2.75) is 24.6 Å². The van der Waals surface area contributed by atoms with Crippen LogP contribution < -0.4 is 11.0 Å². The molecule has 1 atom stereocenters. The number of sulfone groups is 1. The Kier molecular flexibility index (Phi) is 5.81. The van der Waals surface area contributed by atoms with Crippen LogP contribution in [0.1, 0.15) is 13.3 Å². The first kappa shape index (κ1) is 20.7. The molecule has 7 nitrogen and oxygen atoms in total. The van der Waals surface area contributed by atoms with Crippen molar-refractivity contribution >= 4 is 15.7 Å². The highest BCUT2D eigenvalue weighted by atomic mass is 32.2. The van der Waals surface area contributed by atoms with Gasteiger partial charge in [0, 0.05) is 31.1 Å². The number of aromatic nitrogens is 1. The predicted octanol–water partition coefficient (Wildman–Crippen LogP) is 1.49. The third kappa shape index (κ3) is 4.40. The van der Waals surface area contributed by atoms with Gasteiger partial charge in [0.2, 0.25) is 0 Å². The zero-order valence-electron chi connectivity index (χ0n) is 14.6. The van der Waals surface area contributed by atoms with Crippen molar-refractivity contribution in [3.05, 3.63) is 58.5 Å². The molecule has 2 N–H and O–H groups in total. The molecule has 0 saturated carbocycles. The molecule has 146 valence electrons. The van der Waals surface area contributed by atoms with E-state index in [2.05, 4.69) is 0 Å². The topological polar surface area (TPSA) is 105 Å². The number of hydrogen-bond donors (Lipinski definition) is 2. The molecule has 0 bridgehead atoms. The van der Waals surface area contributed by atoms with Gasteiger partial charge in [-0.05, 0) is 42.7 Å². The number of hydroxylamine groups is 1. The maximum absolute atomic E-state index is 13.3. The second-order valence-electron chi connectivity index (χ2n) is 6.30. The number of rotatable bonds is 6. The minimum absolute atomic E-state index is 0.131. The molecule has 0 unspecified atom stereocenters. The van der Waals surface area contributed by atoms with Crippen LogP contribution in [0.2, 0.25) is 0 Å². The summed E-state index contributed by atoms with van der Waals surface area (Å²) in [6.07, 6.45) is 1.92. The first-order chi connectivity index (χ1) is 12.5. The number of carbonyl (C=O) groups excluding carboxylic acids is 1. The Morgan fingerprint density at radius 2 is 1.78 bits per heavy atom. The van der Waals surface area contributed by atoms with Crippen LogP contribution in [0.4, 0.5) is 8.78 Å². The monoisotopic (exact) mass is 400 g/mol. The van der Waals surface area contributed by atoms with Gasteiger partial charge in [-0.3, -0.25) is 14.8 Å². The lowest BCUT2D eigenvalue weighted by atomic mass is 10.1. The van der Waals surface area contributed by atoms with E-state index in [1.807, 2.05) is 0 Å². The second kappa shape index (κ2) is 7.57. The maximum Gasteiger partial charge on any atom is 0.264 e. The van der Waals surface area contributed by atoms with E-state index in [0.717, 1.165) is 35.9 Å². The van der Waals surface area contributed by atoms with Crippen molar-refractivity contribution in [1.29, 1.82) is 0 Å². The third-order valence-corrected chi connectivity index (χ3v) is 6.45. The fraction of sp³-hybridized carbons (Fsp3) is 0.294. The summed E-state index contributed by atoms with van der Waals surface area (Å²) in [6, 6.07) is 5.46. The molecule has 0 aliphatic heterocycles. The highest BCUT2D eigenvalue weighted by Gasteiger charge is 2.43. The molecule has 0 fully saturated rings. The standard InChI is InChI=1S/C17H18F2N2O5S/c1-17(16(23)20-24,27(2,25)26)4-6-21-5-3-11(9-15(21)22)12-7-13(18)10-14(19)8-12/h3,5,7-10,24H,4,6H2,1-2H3,(H,20,23)/t17-/m1/s1. The molecule has 2 rings (SSSR count). The number of nitrogens with zero attached hydrogens (tertiary/aromatic N) is 1. The summed E-state index contributed by atoms with van der Waals surface area (Å²) in [5.41, 5.74) is 1.25. The molecule has 1 heterocycles. The molecule has 10 heteroatoms. The number of aryl methyl sites for hydroxylation is 1. The third-order valence-electron chi connectivity index (χ3n) is 4.42. The number of nitrogens with one attached hydrogen (secondary N) is 1. The lowest BCUT2D eigenvalue weighted by Crippen LogP contribution is -2.49. The van der Waals surface area contributed by atoms with E-state index in [4.69, 9.17) is 5.21 Å². The van der Waals surface area contributed by atoms with Gasteiger partial charge in [0.05, 0.1) is 0 Å². The summed E-state index contributed by atoms with van der Waals surface area (Å²) in [7, 11) is -3.89. The van der Waals surface area contributed by atoms with E-state index in [1.165, 1.54) is 17.7 Å². The fourth-order valence-electron chi connectivity index (χ4n) is 2.51. The number of pyridine rings is 1. The van der Waals surface area contributed by atoms with Crippen LogP contribution >= 0.6 is 0 Å². The summed E-state index contributed by atoms with van der Waals surface area (Å²) in [5, 5.41) is 8.80. The maximum atomic E-state index is 13.3. The normalized spacial score (nSPS) is 13.8. The SMILES string of the molecule is C[C@@](CCn1ccc(-c2cc(F)cc(F)c2)cc1=O)(C(=O)NO)S(C)(=O)=O. The van der Waals surface area contributed by atoms with Crippen LogP contribution in [-0.4, -0.2) is 35.1 Å². The van der Waals surface area contributed by atoms with Crippen molar-refractivity contribution in [3.8, 4) is 11.1 Å². The quantitative estimate of drug-likeness (QED) is 0.565. The summed E-state index contributed by atoms with van der Waals surface area (Å²) >= 11 is 0.